The van der Waals surface area contributed by atoms with Crippen LogP contribution in [0.3, 0.4) is 0 Å². The fourth-order valence-electron chi connectivity index (χ4n) is 3.22. The van der Waals surface area contributed by atoms with Gasteiger partial charge in [-0.1, -0.05) is 44.9 Å². The number of unbranched alkanes of at least 4 members (excludes halogenated alkanes) is 5. The van der Waals surface area contributed by atoms with Crippen molar-refractivity contribution in [3.8, 4) is 11.8 Å². The van der Waals surface area contributed by atoms with Gasteiger partial charge in [0.25, 0.3) is 5.56 Å². The Kier molecular flexibility index (Phi) is 8.79. The summed E-state index contributed by atoms with van der Waals surface area (Å²) in [6, 6.07) is 7.51. The number of hydrogen-bond donors (Lipinski definition) is 1. The molecule has 6 heteroatoms. The molecule has 0 aliphatic carbocycles. The summed E-state index contributed by atoms with van der Waals surface area (Å²) < 4.78 is 1.58. The quantitative estimate of drug-likeness (QED) is 0.508. The van der Waals surface area contributed by atoms with Crippen LogP contribution in [-0.4, -0.2) is 37.7 Å². The smallest absolute Gasteiger partial charge is 0.329 e. The molecule has 0 saturated heterocycles. The average molecular weight is 411 g/mol. The fraction of sp³-hybridized carbons (Fsp3) is 0.500. The molecule has 0 aliphatic rings. The molecule has 0 atom stereocenters. The van der Waals surface area contributed by atoms with Gasteiger partial charge in [0.2, 0.25) is 0 Å². The molecule has 1 N–H and O–H groups in total. The molecule has 30 heavy (non-hydrogen) atoms. The molecular weight excluding hydrogens is 376 g/mol. The molecule has 0 bridgehead atoms. The summed E-state index contributed by atoms with van der Waals surface area (Å²) in [6.45, 7) is 2.76. The van der Waals surface area contributed by atoms with Crippen LogP contribution in [0.2, 0.25) is 0 Å². The zero-order chi connectivity index (χ0) is 22.1. The normalized spacial score (nSPS) is 10.4. The molecule has 1 aromatic carbocycles. The highest BCUT2D eigenvalue weighted by Crippen LogP contribution is 2.22. The van der Waals surface area contributed by atoms with Gasteiger partial charge in [-0.3, -0.25) is 14.3 Å². The molecule has 0 fully saturated rings. The molecule has 0 amide bonds. The zero-order valence-electron chi connectivity index (χ0n) is 18.9. The van der Waals surface area contributed by atoms with E-state index >= 15 is 0 Å². The van der Waals surface area contributed by atoms with Crippen molar-refractivity contribution in [2.45, 2.75) is 52.0 Å². The highest BCUT2D eigenvalue weighted by atomic mass is 16.2. The first-order valence-electron chi connectivity index (χ1n) is 10.7. The third kappa shape index (κ3) is 6.84. The number of anilines is 2. The van der Waals surface area contributed by atoms with E-state index in [0.717, 1.165) is 36.2 Å². The van der Waals surface area contributed by atoms with Crippen molar-refractivity contribution >= 4 is 11.4 Å². The lowest BCUT2D eigenvalue weighted by Gasteiger charge is -2.18. The Morgan fingerprint density at radius 2 is 1.43 bits per heavy atom. The zero-order valence-corrected chi connectivity index (χ0v) is 18.9. The second-order valence-electron chi connectivity index (χ2n) is 8.02. The molecule has 1 aromatic heterocycles. The SMILES string of the molecule is CCCCCCCCn1c(C#Cc2cc(N(C)C)cc(N(C)C)c2)cc(=O)[nH]c1=O. The van der Waals surface area contributed by atoms with E-state index in [1.807, 2.05) is 50.1 Å². The summed E-state index contributed by atoms with van der Waals surface area (Å²) in [7, 11) is 7.95. The van der Waals surface area contributed by atoms with Crippen molar-refractivity contribution in [3.05, 3.63) is 56.4 Å². The van der Waals surface area contributed by atoms with Crippen molar-refractivity contribution in [2.24, 2.45) is 0 Å². The van der Waals surface area contributed by atoms with Gasteiger partial charge in [0.05, 0.1) is 0 Å². The van der Waals surface area contributed by atoms with E-state index in [1.54, 1.807) is 4.57 Å². The Morgan fingerprint density at radius 1 is 0.833 bits per heavy atom. The van der Waals surface area contributed by atoms with Gasteiger partial charge in [0, 0.05) is 57.7 Å². The van der Waals surface area contributed by atoms with Crippen LogP contribution < -0.4 is 21.0 Å². The summed E-state index contributed by atoms with van der Waals surface area (Å²) in [6.07, 6.45) is 6.80. The number of rotatable bonds is 9. The topological polar surface area (TPSA) is 61.3 Å². The maximum Gasteiger partial charge on any atom is 0.329 e. The molecule has 0 radical (unpaired) electrons. The van der Waals surface area contributed by atoms with Gasteiger partial charge in [-0.25, -0.2) is 4.79 Å². The maximum absolute atomic E-state index is 12.4. The molecule has 2 rings (SSSR count). The van der Waals surface area contributed by atoms with Crippen LogP contribution in [-0.2, 0) is 6.54 Å². The van der Waals surface area contributed by atoms with Gasteiger partial charge >= 0.3 is 5.69 Å². The third-order valence-corrected chi connectivity index (χ3v) is 5.04. The Morgan fingerprint density at radius 3 is 2.03 bits per heavy atom. The lowest BCUT2D eigenvalue weighted by Crippen LogP contribution is -2.31. The van der Waals surface area contributed by atoms with Gasteiger partial charge in [-0.05, 0) is 30.5 Å². The van der Waals surface area contributed by atoms with Crippen LogP contribution in [0.5, 0.6) is 0 Å². The third-order valence-electron chi connectivity index (χ3n) is 5.04. The first kappa shape index (κ1) is 23.3. The van der Waals surface area contributed by atoms with E-state index in [4.69, 9.17) is 0 Å². The minimum Gasteiger partial charge on any atom is -0.378 e. The first-order valence-corrected chi connectivity index (χ1v) is 10.7. The molecular formula is C24H34N4O2. The number of aromatic nitrogens is 2. The van der Waals surface area contributed by atoms with Crippen LogP contribution in [0.15, 0.2) is 33.9 Å². The van der Waals surface area contributed by atoms with Crippen molar-refractivity contribution in [2.75, 3.05) is 38.0 Å². The van der Waals surface area contributed by atoms with E-state index in [-0.39, 0.29) is 0 Å². The molecule has 0 unspecified atom stereocenters. The Hall–Kier alpha value is -2.94. The van der Waals surface area contributed by atoms with Gasteiger partial charge in [0.1, 0.15) is 5.69 Å². The highest BCUT2D eigenvalue weighted by Gasteiger charge is 2.06. The van der Waals surface area contributed by atoms with Gasteiger partial charge < -0.3 is 9.80 Å². The Bertz CT molecular complexity index is 980. The second kappa shape index (κ2) is 11.3. The molecule has 2 aromatic rings. The van der Waals surface area contributed by atoms with E-state index in [9.17, 15) is 9.59 Å². The van der Waals surface area contributed by atoms with E-state index in [1.165, 1.54) is 25.3 Å². The molecule has 1 heterocycles. The van der Waals surface area contributed by atoms with Crippen molar-refractivity contribution in [1.82, 2.24) is 9.55 Å². The van der Waals surface area contributed by atoms with Crippen LogP contribution in [0.4, 0.5) is 11.4 Å². The van der Waals surface area contributed by atoms with Crippen LogP contribution in [0.1, 0.15) is 56.7 Å². The summed E-state index contributed by atoms with van der Waals surface area (Å²) in [5.74, 6) is 6.21. The standard InChI is InChI=1S/C24H34N4O2/c1-6-7-8-9-10-11-14-28-20(18-23(29)25-24(28)30)13-12-19-15-21(26(2)3)17-22(16-19)27(4)5/h15-18H,6-11,14H2,1-5H3,(H,25,29,30). The lowest BCUT2D eigenvalue weighted by molar-refractivity contribution is 0.539. The van der Waals surface area contributed by atoms with Crippen LogP contribution in [0, 0.1) is 11.8 Å². The van der Waals surface area contributed by atoms with Crippen LogP contribution in [0.25, 0.3) is 0 Å². The van der Waals surface area contributed by atoms with Crippen molar-refractivity contribution < 1.29 is 0 Å². The monoisotopic (exact) mass is 410 g/mol. The van der Waals surface area contributed by atoms with Gasteiger partial charge in [-0.2, -0.15) is 0 Å². The molecule has 0 aliphatic heterocycles. The average Bonchev–Trinajstić information content (AvgIpc) is 2.69. The number of nitrogens with one attached hydrogen (secondary N) is 1. The van der Waals surface area contributed by atoms with E-state index < -0.39 is 11.2 Å². The maximum atomic E-state index is 12.4. The first-order chi connectivity index (χ1) is 14.3. The predicted octanol–water partition coefficient (Wildman–Crippen LogP) is 3.43. The number of H-pyrrole nitrogens is 1. The molecule has 162 valence electrons. The van der Waals surface area contributed by atoms with Crippen molar-refractivity contribution in [3.63, 3.8) is 0 Å². The molecule has 0 saturated carbocycles. The minimum atomic E-state index is -0.417. The highest BCUT2D eigenvalue weighted by molar-refractivity contribution is 5.63. The van der Waals surface area contributed by atoms with E-state index in [2.05, 4.69) is 29.8 Å². The largest absolute Gasteiger partial charge is 0.378 e. The number of aromatic amines is 1. The Balaban J connectivity index is 2.30. The predicted molar refractivity (Wildman–Crippen MR) is 126 cm³/mol. The van der Waals surface area contributed by atoms with Crippen molar-refractivity contribution in [1.29, 1.82) is 0 Å². The van der Waals surface area contributed by atoms with Crippen LogP contribution >= 0.6 is 0 Å². The number of benzene rings is 1. The summed E-state index contributed by atoms with van der Waals surface area (Å²) in [4.78, 5) is 30.6. The van der Waals surface area contributed by atoms with E-state index in [0.29, 0.717) is 12.2 Å². The lowest BCUT2D eigenvalue weighted by atomic mass is 10.1. The fourth-order valence-corrected chi connectivity index (χ4v) is 3.22. The molecule has 6 nitrogen and oxygen atoms in total. The summed E-state index contributed by atoms with van der Waals surface area (Å²) in [5, 5.41) is 0. The second-order valence-corrected chi connectivity index (χ2v) is 8.02. The number of hydrogen-bond acceptors (Lipinski definition) is 4. The van der Waals surface area contributed by atoms with Gasteiger partial charge in [-0.15, -0.1) is 0 Å². The van der Waals surface area contributed by atoms with Gasteiger partial charge in [0.15, 0.2) is 0 Å². The number of nitrogens with zero attached hydrogens (tertiary/aromatic N) is 3. The molecule has 0 spiro atoms. The minimum absolute atomic E-state index is 0.392. The summed E-state index contributed by atoms with van der Waals surface area (Å²) >= 11 is 0. The summed E-state index contributed by atoms with van der Waals surface area (Å²) in [5.41, 5.74) is 2.57. The Labute approximate surface area is 179 Å².